The van der Waals surface area contributed by atoms with Crippen molar-refractivity contribution in [3.8, 4) is 0 Å². The third-order valence-corrected chi connectivity index (χ3v) is 7.25. The topological polar surface area (TPSA) is 84.9 Å². The smallest absolute Gasteiger partial charge is 0.313 e. The van der Waals surface area contributed by atoms with E-state index in [1.54, 1.807) is 11.8 Å². The molecule has 4 aliphatic rings. The Balaban J connectivity index is 1.32. The highest BCUT2D eigenvalue weighted by molar-refractivity contribution is 6.03. The largest absolute Gasteiger partial charge is 0.452 e. The molecule has 0 unspecified atom stereocenters. The minimum absolute atomic E-state index is 0.133. The maximum absolute atomic E-state index is 13.5. The van der Waals surface area contributed by atoms with E-state index in [1.165, 1.54) is 0 Å². The van der Waals surface area contributed by atoms with Crippen LogP contribution in [0, 0.1) is 25.7 Å². The SMILES string of the molecule is Cc1cc(C)cc(N2C[C@@]34C=C[C@@H](O3)[C@H](C(=O)O[C@H](C)C(=O)NC3CCCC3)[C@H]4C2=O)c1. The van der Waals surface area contributed by atoms with Crippen LogP contribution in [0.1, 0.15) is 43.7 Å². The Morgan fingerprint density at radius 1 is 1.19 bits per heavy atom. The van der Waals surface area contributed by atoms with Gasteiger partial charge >= 0.3 is 5.97 Å². The van der Waals surface area contributed by atoms with Crippen LogP contribution in [0.3, 0.4) is 0 Å². The van der Waals surface area contributed by atoms with Crippen LogP contribution in [0.2, 0.25) is 0 Å². The number of aryl methyl sites for hydroxylation is 2. The van der Waals surface area contributed by atoms with Gasteiger partial charge in [0, 0.05) is 11.7 Å². The maximum Gasteiger partial charge on any atom is 0.313 e. The van der Waals surface area contributed by atoms with E-state index >= 15 is 0 Å². The number of rotatable bonds is 5. The van der Waals surface area contributed by atoms with Gasteiger partial charge in [-0.25, -0.2) is 0 Å². The van der Waals surface area contributed by atoms with Crippen LogP contribution in [-0.4, -0.2) is 48.2 Å². The standard InChI is InChI=1S/C25H30N2O5/c1-14-10-15(2)12-18(11-14)27-13-25-9-8-19(32-25)20(21(25)23(27)29)24(30)31-16(3)22(28)26-17-6-4-5-7-17/h8-12,16-17,19-21H,4-7,13H2,1-3H3,(H,26,28)/t16-,19-,20+,21+,25-/m1/s1. The molecule has 3 heterocycles. The van der Waals surface area contributed by atoms with E-state index in [2.05, 4.69) is 11.4 Å². The molecule has 1 saturated carbocycles. The molecule has 0 radical (unpaired) electrons. The molecule has 1 aliphatic carbocycles. The zero-order valence-corrected chi connectivity index (χ0v) is 18.8. The summed E-state index contributed by atoms with van der Waals surface area (Å²) in [5.74, 6) is -2.35. The third-order valence-electron chi connectivity index (χ3n) is 7.25. The van der Waals surface area contributed by atoms with Crippen LogP contribution >= 0.6 is 0 Å². The summed E-state index contributed by atoms with van der Waals surface area (Å²) in [6, 6.07) is 6.16. The van der Waals surface area contributed by atoms with Gasteiger partial charge in [0.15, 0.2) is 6.10 Å². The second-order valence-electron chi connectivity index (χ2n) is 9.74. The molecule has 32 heavy (non-hydrogen) atoms. The monoisotopic (exact) mass is 438 g/mol. The van der Waals surface area contributed by atoms with Crippen molar-refractivity contribution in [3.05, 3.63) is 41.5 Å². The summed E-state index contributed by atoms with van der Waals surface area (Å²) in [6.45, 7) is 5.95. The second kappa shape index (κ2) is 7.73. The summed E-state index contributed by atoms with van der Waals surface area (Å²) < 4.78 is 11.7. The summed E-state index contributed by atoms with van der Waals surface area (Å²) in [5.41, 5.74) is 2.13. The highest BCUT2D eigenvalue weighted by atomic mass is 16.6. The van der Waals surface area contributed by atoms with Crippen LogP contribution in [0.25, 0.3) is 0 Å². The van der Waals surface area contributed by atoms with Crippen LogP contribution in [0.4, 0.5) is 5.69 Å². The van der Waals surface area contributed by atoms with Gasteiger partial charge in [-0.2, -0.15) is 0 Å². The quantitative estimate of drug-likeness (QED) is 0.564. The molecule has 2 amide bonds. The first-order valence-corrected chi connectivity index (χ1v) is 11.6. The lowest BCUT2D eigenvalue weighted by molar-refractivity contribution is -0.161. The number of hydrogen-bond acceptors (Lipinski definition) is 5. The van der Waals surface area contributed by atoms with E-state index in [0.29, 0.717) is 6.54 Å². The summed E-state index contributed by atoms with van der Waals surface area (Å²) in [6.07, 6.45) is 6.50. The predicted octanol–water partition coefficient (Wildman–Crippen LogP) is 2.58. The van der Waals surface area contributed by atoms with Gasteiger partial charge < -0.3 is 19.7 Å². The zero-order chi connectivity index (χ0) is 22.6. The Hall–Kier alpha value is -2.67. The number of carbonyl (C=O) groups is 3. The molecule has 2 saturated heterocycles. The lowest BCUT2D eigenvalue weighted by Crippen LogP contribution is -2.44. The van der Waals surface area contributed by atoms with Gasteiger partial charge in [0.1, 0.15) is 11.5 Å². The van der Waals surface area contributed by atoms with Crippen LogP contribution in [0.5, 0.6) is 0 Å². The van der Waals surface area contributed by atoms with Gasteiger partial charge in [-0.3, -0.25) is 14.4 Å². The van der Waals surface area contributed by atoms with E-state index in [1.807, 2.05) is 38.1 Å². The van der Waals surface area contributed by atoms with E-state index in [-0.39, 0.29) is 17.9 Å². The summed E-state index contributed by atoms with van der Waals surface area (Å²) >= 11 is 0. The summed E-state index contributed by atoms with van der Waals surface area (Å²) in [7, 11) is 0. The molecule has 3 aliphatic heterocycles. The molecule has 1 N–H and O–H groups in total. The molecule has 1 spiro atoms. The van der Waals surface area contributed by atoms with Gasteiger partial charge in [0.2, 0.25) is 5.91 Å². The average Bonchev–Trinajstić information content (AvgIpc) is 3.49. The maximum atomic E-state index is 13.5. The van der Waals surface area contributed by atoms with Crippen LogP contribution < -0.4 is 10.2 Å². The number of hydrogen-bond donors (Lipinski definition) is 1. The lowest BCUT2D eigenvalue weighted by atomic mass is 9.77. The zero-order valence-electron chi connectivity index (χ0n) is 18.8. The third kappa shape index (κ3) is 3.43. The normalized spacial score (nSPS) is 31.8. The Labute approximate surface area is 188 Å². The molecule has 5 atom stereocenters. The number of ether oxygens (including phenoxy) is 2. The first-order valence-electron chi connectivity index (χ1n) is 11.6. The number of amides is 2. The fourth-order valence-corrected chi connectivity index (χ4v) is 5.79. The molecule has 5 rings (SSSR count). The van der Waals surface area contributed by atoms with Crippen molar-refractivity contribution < 1.29 is 23.9 Å². The number of nitrogens with zero attached hydrogens (tertiary/aromatic N) is 1. The van der Waals surface area contributed by atoms with Crippen LogP contribution in [-0.2, 0) is 23.9 Å². The van der Waals surface area contributed by atoms with Gasteiger partial charge in [-0.15, -0.1) is 0 Å². The molecular weight excluding hydrogens is 408 g/mol. The van der Waals surface area contributed by atoms with Crippen molar-refractivity contribution in [1.29, 1.82) is 0 Å². The number of benzene rings is 1. The summed E-state index contributed by atoms with van der Waals surface area (Å²) in [4.78, 5) is 40.8. The van der Waals surface area contributed by atoms with E-state index < -0.39 is 35.6 Å². The van der Waals surface area contributed by atoms with E-state index in [9.17, 15) is 14.4 Å². The second-order valence-corrected chi connectivity index (χ2v) is 9.74. The van der Waals surface area contributed by atoms with E-state index in [0.717, 1.165) is 42.5 Å². The minimum atomic E-state index is -0.908. The van der Waals surface area contributed by atoms with Gasteiger partial charge in [0.25, 0.3) is 5.91 Å². The Kier molecular flexibility index (Phi) is 5.12. The van der Waals surface area contributed by atoms with Crippen LogP contribution in [0.15, 0.2) is 30.4 Å². The fourth-order valence-electron chi connectivity index (χ4n) is 5.79. The number of nitrogens with one attached hydrogen (secondary N) is 1. The highest BCUT2D eigenvalue weighted by Crippen LogP contribution is 2.53. The molecule has 1 aromatic rings. The molecule has 7 nitrogen and oxygen atoms in total. The Morgan fingerprint density at radius 3 is 2.56 bits per heavy atom. The number of fused-ring (bicyclic) bond motifs is 1. The van der Waals surface area contributed by atoms with Crippen molar-refractivity contribution in [1.82, 2.24) is 5.32 Å². The Morgan fingerprint density at radius 2 is 1.88 bits per heavy atom. The number of carbonyl (C=O) groups excluding carboxylic acids is 3. The fraction of sp³-hybridized carbons (Fsp3) is 0.560. The number of esters is 1. The Bertz CT molecular complexity index is 978. The molecular formula is C25H30N2O5. The summed E-state index contributed by atoms with van der Waals surface area (Å²) in [5, 5.41) is 2.96. The molecule has 2 bridgehead atoms. The van der Waals surface area contributed by atoms with Crippen molar-refractivity contribution in [3.63, 3.8) is 0 Å². The predicted molar refractivity (Wildman–Crippen MR) is 118 cm³/mol. The van der Waals surface area contributed by atoms with Gasteiger partial charge in [-0.1, -0.05) is 31.1 Å². The number of anilines is 1. The first-order chi connectivity index (χ1) is 15.3. The molecule has 3 fully saturated rings. The molecule has 1 aromatic carbocycles. The van der Waals surface area contributed by atoms with Crippen molar-refractivity contribution in [2.75, 3.05) is 11.4 Å². The van der Waals surface area contributed by atoms with Crippen molar-refractivity contribution >= 4 is 23.5 Å². The van der Waals surface area contributed by atoms with E-state index in [4.69, 9.17) is 9.47 Å². The van der Waals surface area contributed by atoms with Gasteiger partial charge in [0.05, 0.1) is 18.6 Å². The lowest BCUT2D eigenvalue weighted by Gasteiger charge is -2.24. The first kappa shape index (κ1) is 21.2. The average molecular weight is 439 g/mol. The minimum Gasteiger partial charge on any atom is -0.452 e. The highest BCUT2D eigenvalue weighted by Gasteiger charge is 2.67. The van der Waals surface area contributed by atoms with Crippen molar-refractivity contribution in [2.45, 2.75) is 70.3 Å². The molecule has 7 heteroatoms. The van der Waals surface area contributed by atoms with Gasteiger partial charge in [-0.05, 0) is 56.9 Å². The molecule has 0 aromatic heterocycles. The van der Waals surface area contributed by atoms with Crippen molar-refractivity contribution in [2.24, 2.45) is 11.8 Å². The molecule has 170 valence electrons.